The Hall–Kier alpha value is -0.240. The lowest BCUT2D eigenvalue weighted by molar-refractivity contribution is 0.758. The van der Waals surface area contributed by atoms with Crippen LogP contribution in [-0.4, -0.2) is 0 Å². The van der Waals surface area contributed by atoms with Crippen LogP contribution < -0.4 is 0 Å². The lowest BCUT2D eigenvalue weighted by Gasteiger charge is -1.99. The normalized spacial score (nSPS) is 13.0. The standard InChI is InChI=1S/C8H6ClF2PS/c9-8(6-12(10,11)13)7-4-2-1-3-5-7/h1-6H/b8-6-. The smallest absolute Gasteiger partial charge is 0.177 e. The predicted molar refractivity (Wildman–Crippen MR) is 56.8 cm³/mol. The van der Waals surface area contributed by atoms with Crippen LogP contribution in [0.3, 0.4) is 0 Å². The minimum atomic E-state index is -4.35. The molecule has 0 nitrogen and oxygen atoms in total. The summed E-state index contributed by atoms with van der Waals surface area (Å²) in [5.74, 6) is 0.666. The molecule has 0 amide bonds. The molecule has 0 saturated carbocycles. The molecule has 0 unspecified atom stereocenters. The van der Waals surface area contributed by atoms with E-state index in [-0.39, 0.29) is 5.03 Å². The second kappa shape index (κ2) is 4.32. The number of halogens is 3. The second-order valence-electron chi connectivity index (χ2n) is 2.35. The molecule has 0 saturated heterocycles. The molecule has 0 spiro atoms. The van der Waals surface area contributed by atoms with Gasteiger partial charge in [-0.05, 0) is 17.4 Å². The molecule has 1 rings (SSSR count). The number of hydrogen-bond acceptors (Lipinski definition) is 1. The average molecular weight is 239 g/mol. The van der Waals surface area contributed by atoms with Gasteiger partial charge in [0, 0.05) is 5.82 Å². The number of rotatable bonds is 2. The van der Waals surface area contributed by atoms with Crippen molar-refractivity contribution in [3.05, 3.63) is 41.7 Å². The van der Waals surface area contributed by atoms with Crippen molar-refractivity contribution in [2.24, 2.45) is 0 Å². The van der Waals surface area contributed by atoms with Crippen molar-refractivity contribution >= 4 is 35.1 Å². The van der Waals surface area contributed by atoms with E-state index in [9.17, 15) is 8.39 Å². The van der Waals surface area contributed by atoms with Crippen molar-refractivity contribution in [1.29, 1.82) is 0 Å². The Morgan fingerprint density at radius 1 is 1.31 bits per heavy atom. The van der Waals surface area contributed by atoms with Gasteiger partial charge in [0.15, 0.2) is 0 Å². The van der Waals surface area contributed by atoms with Crippen molar-refractivity contribution in [3.8, 4) is 0 Å². The van der Waals surface area contributed by atoms with E-state index in [4.69, 9.17) is 11.6 Å². The van der Waals surface area contributed by atoms with E-state index in [1.807, 2.05) is 0 Å². The van der Waals surface area contributed by atoms with Gasteiger partial charge in [0.1, 0.15) is 0 Å². The second-order valence-corrected chi connectivity index (χ2v) is 5.48. The highest BCUT2D eigenvalue weighted by Gasteiger charge is 2.10. The van der Waals surface area contributed by atoms with Gasteiger partial charge < -0.3 is 0 Å². The van der Waals surface area contributed by atoms with Crippen molar-refractivity contribution < 1.29 is 8.39 Å². The van der Waals surface area contributed by atoms with Gasteiger partial charge in [-0.2, -0.15) is 8.39 Å². The third-order valence-corrected chi connectivity index (χ3v) is 2.67. The SMILES string of the molecule is FP(F)(=S)/C=C(\Cl)c1ccccc1. The first kappa shape index (κ1) is 10.8. The van der Waals surface area contributed by atoms with Crippen LogP contribution in [0.2, 0.25) is 0 Å². The number of hydrogen-bond donors (Lipinski definition) is 0. The molecule has 1 aromatic carbocycles. The molecule has 0 aliphatic carbocycles. The van der Waals surface area contributed by atoms with Crippen molar-refractivity contribution in [2.45, 2.75) is 0 Å². The maximum absolute atomic E-state index is 12.4. The van der Waals surface area contributed by atoms with E-state index in [1.54, 1.807) is 30.3 Å². The van der Waals surface area contributed by atoms with Crippen molar-refractivity contribution in [1.82, 2.24) is 0 Å². The summed E-state index contributed by atoms with van der Waals surface area (Å²) in [5.41, 5.74) is 0.564. The molecule has 0 radical (unpaired) electrons. The molecule has 70 valence electrons. The van der Waals surface area contributed by atoms with Gasteiger partial charge in [-0.3, -0.25) is 0 Å². The molecule has 13 heavy (non-hydrogen) atoms. The molecule has 5 heteroatoms. The quantitative estimate of drug-likeness (QED) is 0.685. The van der Waals surface area contributed by atoms with Gasteiger partial charge in [-0.1, -0.05) is 41.9 Å². The lowest BCUT2D eigenvalue weighted by atomic mass is 10.2. The zero-order valence-electron chi connectivity index (χ0n) is 6.45. The third kappa shape index (κ3) is 3.99. The summed E-state index contributed by atoms with van der Waals surface area (Å²) >= 11 is 9.61. The Morgan fingerprint density at radius 3 is 2.31 bits per heavy atom. The summed E-state index contributed by atoms with van der Waals surface area (Å²) in [6.45, 7) is -4.35. The average Bonchev–Trinajstić information content (AvgIpc) is 2.03. The molecule has 0 N–H and O–H groups in total. The van der Waals surface area contributed by atoms with Gasteiger partial charge >= 0.3 is 0 Å². The largest absolute Gasteiger partial charge is 0.295 e. The lowest BCUT2D eigenvalue weighted by Crippen LogP contribution is -1.73. The molecule has 0 heterocycles. The van der Waals surface area contributed by atoms with Gasteiger partial charge in [0.2, 0.25) is 0 Å². The van der Waals surface area contributed by atoms with Crippen molar-refractivity contribution in [3.63, 3.8) is 0 Å². The third-order valence-electron chi connectivity index (χ3n) is 1.31. The molecule has 0 aromatic heterocycles. The zero-order chi connectivity index (χ0) is 9.90. The van der Waals surface area contributed by atoms with E-state index in [2.05, 4.69) is 11.8 Å². The number of benzene rings is 1. The minimum absolute atomic E-state index is 0.0222. The molecule has 1 aromatic rings. The van der Waals surface area contributed by atoms with Crippen LogP contribution in [-0.2, 0) is 11.8 Å². The Morgan fingerprint density at radius 2 is 1.85 bits per heavy atom. The maximum Gasteiger partial charge on any atom is 0.295 e. The van der Waals surface area contributed by atoms with Gasteiger partial charge in [-0.15, -0.1) is 0 Å². The molecule has 0 aliphatic rings. The molecule has 0 aliphatic heterocycles. The van der Waals surface area contributed by atoms with Crippen LogP contribution in [0.4, 0.5) is 8.39 Å². The molecule has 0 bridgehead atoms. The first-order valence-corrected chi connectivity index (χ1v) is 6.45. The van der Waals surface area contributed by atoms with Gasteiger partial charge in [0.25, 0.3) is 6.66 Å². The van der Waals surface area contributed by atoms with Crippen LogP contribution in [0.25, 0.3) is 5.03 Å². The van der Waals surface area contributed by atoms with Crippen LogP contribution in [0.15, 0.2) is 36.1 Å². The summed E-state index contributed by atoms with van der Waals surface area (Å²) in [6.07, 6.45) is 0. The van der Waals surface area contributed by atoms with Gasteiger partial charge in [-0.25, -0.2) is 0 Å². The van der Waals surface area contributed by atoms with Crippen LogP contribution in [0.5, 0.6) is 0 Å². The fraction of sp³-hybridized carbons (Fsp3) is 0. The topological polar surface area (TPSA) is 0 Å². The summed E-state index contributed by atoms with van der Waals surface area (Å²) in [5, 5.41) is 0.0222. The fourth-order valence-electron chi connectivity index (χ4n) is 0.804. The first-order chi connectivity index (χ1) is 5.99. The van der Waals surface area contributed by atoms with E-state index in [0.717, 1.165) is 0 Å². The Bertz CT molecular complexity index is 358. The molecular formula is C8H6ClF2PS. The first-order valence-electron chi connectivity index (χ1n) is 3.42. The highest BCUT2D eigenvalue weighted by Crippen LogP contribution is 2.53. The zero-order valence-corrected chi connectivity index (χ0v) is 8.92. The van der Waals surface area contributed by atoms with Gasteiger partial charge in [0.05, 0.1) is 5.03 Å². The predicted octanol–water partition coefficient (Wildman–Crippen LogP) is 4.47. The summed E-state index contributed by atoms with van der Waals surface area (Å²) in [4.78, 5) is 0. The Balaban J connectivity index is 2.99. The molecule has 0 fully saturated rings. The molecule has 0 atom stereocenters. The Kier molecular flexibility index (Phi) is 3.60. The van der Waals surface area contributed by atoms with Crippen LogP contribution in [0, 0.1) is 0 Å². The maximum atomic E-state index is 12.4. The summed E-state index contributed by atoms with van der Waals surface area (Å²) in [7, 11) is 0. The summed E-state index contributed by atoms with van der Waals surface area (Å²) < 4.78 is 24.8. The van der Waals surface area contributed by atoms with E-state index in [1.165, 1.54) is 0 Å². The highest BCUT2D eigenvalue weighted by atomic mass is 35.5. The van der Waals surface area contributed by atoms with Crippen molar-refractivity contribution in [2.75, 3.05) is 0 Å². The monoisotopic (exact) mass is 238 g/mol. The minimum Gasteiger partial charge on any atom is -0.177 e. The van der Waals surface area contributed by atoms with Crippen LogP contribution in [0.1, 0.15) is 5.56 Å². The Labute approximate surface area is 85.5 Å². The summed E-state index contributed by atoms with van der Waals surface area (Å²) in [6, 6.07) is 8.55. The fourth-order valence-corrected chi connectivity index (χ4v) is 2.20. The van der Waals surface area contributed by atoms with E-state index >= 15 is 0 Å². The van der Waals surface area contributed by atoms with E-state index < -0.39 is 6.66 Å². The van der Waals surface area contributed by atoms with Crippen LogP contribution >= 0.6 is 18.3 Å². The molecular weight excluding hydrogens is 233 g/mol. The van der Waals surface area contributed by atoms with E-state index in [0.29, 0.717) is 11.4 Å². The highest BCUT2D eigenvalue weighted by molar-refractivity contribution is 8.11.